The monoisotopic (exact) mass is 571 g/mol. The lowest BCUT2D eigenvalue weighted by atomic mass is 9.82. The summed E-state index contributed by atoms with van der Waals surface area (Å²) in [5.41, 5.74) is 21.5. The summed E-state index contributed by atoms with van der Waals surface area (Å²) in [5, 5.41) is 0. The zero-order chi connectivity index (χ0) is 30.7. The van der Waals surface area contributed by atoms with Gasteiger partial charge in [-0.25, -0.2) is 0 Å². The largest absolute Gasteiger partial charge is 0.398 e. The van der Waals surface area contributed by atoms with Gasteiger partial charge in [-0.3, -0.25) is 0 Å². The molecule has 5 aromatic rings. The number of nitrogens with two attached hydrogens (primary N) is 1. The van der Waals surface area contributed by atoms with Gasteiger partial charge in [0.1, 0.15) is 0 Å². The fourth-order valence-corrected chi connectivity index (χ4v) is 6.71. The first-order valence-corrected chi connectivity index (χ1v) is 15.6. The van der Waals surface area contributed by atoms with Crippen LogP contribution in [0.25, 0.3) is 39.1 Å². The van der Waals surface area contributed by atoms with Gasteiger partial charge in [-0.15, -0.1) is 6.58 Å². The molecule has 0 bridgehead atoms. The molecule has 1 nitrogen and oxygen atoms in total. The summed E-state index contributed by atoms with van der Waals surface area (Å²) in [6.07, 6.45) is 8.31. The van der Waals surface area contributed by atoms with Crippen LogP contribution in [0.1, 0.15) is 61.8 Å². The van der Waals surface area contributed by atoms with Crippen molar-refractivity contribution in [3.05, 3.63) is 174 Å². The van der Waals surface area contributed by atoms with E-state index < -0.39 is 0 Å². The van der Waals surface area contributed by atoms with Crippen LogP contribution in [0.3, 0.4) is 0 Å². The van der Waals surface area contributed by atoms with Gasteiger partial charge in [0.05, 0.1) is 0 Å². The van der Waals surface area contributed by atoms with Crippen molar-refractivity contribution in [2.24, 2.45) is 5.73 Å². The molecule has 0 saturated carbocycles. The summed E-state index contributed by atoms with van der Waals surface area (Å²) in [4.78, 5) is 0. The van der Waals surface area contributed by atoms with Gasteiger partial charge in [0.25, 0.3) is 0 Å². The summed E-state index contributed by atoms with van der Waals surface area (Å²) in [5.74, 6) is 0.103. The van der Waals surface area contributed by atoms with Gasteiger partial charge in [-0.1, -0.05) is 147 Å². The van der Waals surface area contributed by atoms with E-state index in [2.05, 4.69) is 143 Å². The molecule has 44 heavy (non-hydrogen) atoms. The smallest absolute Gasteiger partial charge is 0.0356 e. The standard InChI is InChI=1S/C43H41N/c1-5-7-13-30(6-2)38(29-42(44)35-14-9-8-10-15-35)34-24-22-32(23-25-34)31-18-20-33(21-19-31)36-26-27-41-39(28-36)37-16-11-12-17-40(37)43(41,3)4/h5-6,8-12,14-29,38H,1,7,13,44H2,2-4H3/b30-6+,42-29-. The summed E-state index contributed by atoms with van der Waals surface area (Å²) < 4.78 is 0. The normalized spacial score (nSPS) is 14.5. The maximum atomic E-state index is 6.62. The van der Waals surface area contributed by atoms with Crippen LogP contribution < -0.4 is 5.73 Å². The van der Waals surface area contributed by atoms with Gasteiger partial charge >= 0.3 is 0 Å². The molecule has 1 atom stereocenters. The molecular weight excluding hydrogens is 530 g/mol. The van der Waals surface area contributed by atoms with Crippen LogP contribution in [0.2, 0.25) is 0 Å². The lowest BCUT2D eigenvalue weighted by Gasteiger charge is -2.21. The second-order valence-corrected chi connectivity index (χ2v) is 12.3. The number of fused-ring (bicyclic) bond motifs is 3. The lowest BCUT2D eigenvalue weighted by Crippen LogP contribution is -2.14. The van der Waals surface area contributed by atoms with Crippen LogP contribution in [-0.4, -0.2) is 0 Å². The highest BCUT2D eigenvalue weighted by Crippen LogP contribution is 2.49. The molecule has 0 saturated heterocycles. The molecule has 6 rings (SSSR count). The third kappa shape index (κ3) is 5.58. The maximum absolute atomic E-state index is 6.62. The summed E-state index contributed by atoms with van der Waals surface area (Å²) in [7, 11) is 0. The Balaban J connectivity index is 1.27. The molecule has 0 fully saturated rings. The van der Waals surface area contributed by atoms with Crippen LogP contribution >= 0.6 is 0 Å². The van der Waals surface area contributed by atoms with Gasteiger partial charge in [-0.2, -0.15) is 0 Å². The Morgan fingerprint density at radius 3 is 1.93 bits per heavy atom. The Morgan fingerprint density at radius 2 is 1.27 bits per heavy atom. The topological polar surface area (TPSA) is 26.0 Å². The van der Waals surface area contributed by atoms with Gasteiger partial charge in [0, 0.05) is 17.0 Å². The number of hydrogen-bond donors (Lipinski definition) is 1. The molecule has 218 valence electrons. The average Bonchev–Trinajstić information content (AvgIpc) is 3.30. The Kier molecular flexibility index (Phi) is 8.22. The molecule has 0 heterocycles. The van der Waals surface area contributed by atoms with Crippen LogP contribution in [0.4, 0.5) is 0 Å². The predicted molar refractivity (Wildman–Crippen MR) is 189 cm³/mol. The Morgan fingerprint density at radius 1 is 0.705 bits per heavy atom. The van der Waals surface area contributed by atoms with Crippen molar-refractivity contribution in [1.82, 2.24) is 0 Å². The zero-order valence-electron chi connectivity index (χ0n) is 26.1. The second-order valence-electron chi connectivity index (χ2n) is 12.3. The van der Waals surface area contributed by atoms with Crippen molar-refractivity contribution >= 4 is 5.70 Å². The number of allylic oxidation sites excluding steroid dienone is 4. The van der Waals surface area contributed by atoms with Gasteiger partial charge < -0.3 is 5.73 Å². The molecule has 1 heteroatoms. The molecule has 0 aliphatic heterocycles. The molecule has 1 unspecified atom stereocenters. The third-order valence-corrected chi connectivity index (χ3v) is 9.27. The first kappa shape index (κ1) is 29.2. The number of hydrogen-bond acceptors (Lipinski definition) is 1. The highest BCUT2D eigenvalue weighted by molar-refractivity contribution is 5.84. The fraction of sp³-hybridized carbons (Fsp3) is 0.163. The molecule has 0 radical (unpaired) electrons. The van der Waals surface area contributed by atoms with Crippen LogP contribution in [0.5, 0.6) is 0 Å². The quantitative estimate of drug-likeness (QED) is 0.175. The summed E-state index contributed by atoms with van der Waals surface area (Å²) >= 11 is 0. The maximum Gasteiger partial charge on any atom is 0.0356 e. The Hall–Kier alpha value is -4.88. The molecule has 1 aliphatic rings. The molecular formula is C43H41N. The molecule has 0 amide bonds. The van der Waals surface area contributed by atoms with Crippen LogP contribution in [0, 0.1) is 0 Å². The average molecular weight is 572 g/mol. The minimum atomic E-state index is 0.0296. The van der Waals surface area contributed by atoms with E-state index in [4.69, 9.17) is 5.73 Å². The zero-order valence-corrected chi connectivity index (χ0v) is 26.1. The van der Waals surface area contributed by atoms with Crippen molar-refractivity contribution in [2.45, 2.75) is 44.9 Å². The van der Waals surface area contributed by atoms with E-state index in [9.17, 15) is 0 Å². The van der Waals surface area contributed by atoms with E-state index in [1.54, 1.807) is 0 Å². The van der Waals surface area contributed by atoms with Crippen molar-refractivity contribution in [3.63, 3.8) is 0 Å². The molecule has 0 spiro atoms. The minimum absolute atomic E-state index is 0.0296. The van der Waals surface area contributed by atoms with Crippen molar-refractivity contribution < 1.29 is 0 Å². The van der Waals surface area contributed by atoms with E-state index in [0.29, 0.717) is 0 Å². The fourth-order valence-electron chi connectivity index (χ4n) is 6.71. The van der Waals surface area contributed by atoms with E-state index >= 15 is 0 Å². The second kappa shape index (κ2) is 12.4. The van der Waals surface area contributed by atoms with Crippen LogP contribution in [-0.2, 0) is 5.41 Å². The minimum Gasteiger partial charge on any atom is -0.398 e. The van der Waals surface area contributed by atoms with Gasteiger partial charge in [-0.05, 0) is 87.5 Å². The van der Waals surface area contributed by atoms with Crippen molar-refractivity contribution in [2.75, 3.05) is 0 Å². The van der Waals surface area contributed by atoms with Gasteiger partial charge in [0.2, 0.25) is 0 Å². The first-order chi connectivity index (χ1) is 21.4. The summed E-state index contributed by atoms with van der Waals surface area (Å²) in [6, 6.07) is 43.9. The van der Waals surface area contributed by atoms with E-state index in [1.807, 2.05) is 24.3 Å². The highest BCUT2D eigenvalue weighted by Gasteiger charge is 2.35. The van der Waals surface area contributed by atoms with Gasteiger partial charge in [0.15, 0.2) is 0 Å². The Bertz CT molecular complexity index is 1830. The van der Waals surface area contributed by atoms with E-state index in [-0.39, 0.29) is 11.3 Å². The first-order valence-electron chi connectivity index (χ1n) is 15.6. The van der Waals surface area contributed by atoms with E-state index in [0.717, 1.165) is 24.1 Å². The van der Waals surface area contributed by atoms with Crippen LogP contribution in [0.15, 0.2) is 152 Å². The predicted octanol–water partition coefficient (Wildman–Crippen LogP) is 11.3. The highest BCUT2D eigenvalue weighted by atomic mass is 14.6. The third-order valence-electron chi connectivity index (χ3n) is 9.27. The SMILES string of the molecule is C=CCC/C(=C\C)C(/C=C(\N)c1ccccc1)c1ccc(-c2ccc(-c3ccc4c(c3)-c3ccccc3C4(C)C)cc2)cc1. The number of rotatable bonds is 9. The lowest BCUT2D eigenvalue weighted by molar-refractivity contribution is 0.660. The van der Waals surface area contributed by atoms with Crippen molar-refractivity contribution in [1.29, 1.82) is 0 Å². The summed E-state index contributed by atoms with van der Waals surface area (Å²) in [6.45, 7) is 10.7. The van der Waals surface area contributed by atoms with E-state index in [1.165, 1.54) is 55.6 Å². The molecule has 1 aliphatic carbocycles. The Labute approximate surface area is 263 Å². The molecule has 2 N–H and O–H groups in total. The van der Waals surface area contributed by atoms with Crippen molar-refractivity contribution in [3.8, 4) is 33.4 Å². The number of benzene rings is 5. The molecule has 5 aromatic carbocycles. The molecule has 0 aromatic heterocycles.